The molecule has 0 saturated heterocycles. The highest BCUT2D eigenvalue weighted by Crippen LogP contribution is 2.28. The van der Waals surface area contributed by atoms with Gasteiger partial charge in [-0.2, -0.15) is 0 Å². The van der Waals surface area contributed by atoms with Crippen molar-refractivity contribution in [2.45, 2.75) is 45.4 Å². The first-order valence-corrected chi connectivity index (χ1v) is 7.81. The summed E-state index contributed by atoms with van der Waals surface area (Å²) >= 11 is 0. The molecule has 1 aliphatic carbocycles. The van der Waals surface area contributed by atoms with Gasteiger partial charge in [-0.15, -0.1) is 0 Å². The summed E-state index contributed by atoms with van der Waals surface area (Å²) in [5, 5.41) is 3.60. The SMILES string of the molecule is CC(C)Oc1cccc(-c2ccccc2CNC2CC2)c1. The van der Waals surface area contributed by atoms with Crippen LogP contribution in [0.1, 0.15) is 32.3 Å². The van der Waals surface area contributed by atoms with Gasteiger partial charge in [-0.1, -0.05) is 36.4 Å². The fraction of sp³-hybridized carbons (Fsp3) is 0.368. The first-order valence-electron chi connectivity index (χ1n) is 7.81. The summed E-state index contributed by atoms with van der Waals surface area (Å²) in [4.78, 5) is 0. The molecular formula is C19H23NO. The first kappa shape index (κ1) is 14.2. The molecular weight excluding hydrogens is 258 g/mol. The van der Waals surface area contributed by atoms with Gasteiger partial charge < -0.3 is 10.1 Å². The van der Waals surface area contributed by atoms with Crippen LogP contribution in [0.3, 0.4) is 0 Å². The Kier molecular flexibility index (Phi) is 4.26. The highest BCUT2D eigenvalue weighted by atomic mass is 16.5. The van der Waals surface area contributed by atoms with Gasteiger partial charge in [0.05, 0.1) is 6.10 Å². The third-order valence-corrected chi connectivity index (χ3v) is 3.69. The van der Waals surface area contributed by atoms with E-state index in [1.54, 1.807) is 0 Å². The maximum atomic E-state index is 5.81. The predicted molar refractivity (Wildman–Crippen MR) is 87.5 cm³/mol. The van der Waals surface area contributed by atoms with Gasteiger partial charge in [-0.05, 0) is 55.5 Å². The normalized spacial score (nSPS) is 14.4. The minimum Gasteiger partial charge on any atom is -0.491 e. The van der Waals surface area contributed by atoms with Crippen molar-refractivity contribution in [2.24, 2.45) is 0 Å². The van der Waals surface area contributed by atoms with Crippen molar-refractivity contribution in [3.63, 3.8) is 0 Å². The minimum absolute atomic E-state index is 0.201. The molecule has 2 aromatic rings. The fourth-order valence-electron chi connectivity index (χ4n) is 2.51. The van der Waals surface area contributed by atoms with Crippen molar-refractivity contribution >= 4 is 0 Å². The summed E-state index contributed by atoms with van der Waals surface area (Å²) in [6, 6.07) is 17.7. The van der Waals surface area contributed by atoms with Crippen molar-refractivity contribution in [3.8, 4) is 16.9 Å². The van der Waals surface area contributed by atoms with E-state index >= 15 is 0 Å². The Hall–Kier alpha value is -1.80. The third-order valence-electron chi connectivity index (χ3n) is 3.69. The molecule has 0 unspecified atom stereocenters. The van der Waals surface area contributed by atoms with Gasteiger partial charge in [0.15, 0.2) is 0 Å². The van der Waals surface area contributed by atoms with E-state index in [0.29, 0.717) is 0 Å². The lowest BCUT2D eigenvalue weighted by Crippen LogP contribution is -2.15. The summed E-state index contributed by atoms with van der Waals surface area (Å²) in [5.41, 5.74) is 3.87. The second kappa shape index (κ2) is 6.31. The van der Waals surface area contributed by atoms with Crippen LogP contribution >= 0.6 is 0 Å². The molecule has 1 fully saturated rings. The second-order valence-electron chi connectivity index (χ2n) is 6.01. The molecule has 0 aromatic heterocycles. The van der Waals surface area contributed by atoms with Gasteiger partial charge in [0, 0.05) is 12.6 Å². The van der Waals surface area contributed by atoms with Crippen molar-refractivity contribution < 1.29 is 4.74 Å². The van der Waals surface area contributed by atoms with E-state index in [1.807, 2.05) is 6.07 Å². The van der Waals surface area contributed by atoms with Gasteiger partial charge in [0.1, 0.15) is 5.75 Å². The smallest absolute Gasteiger partial charge is 0.120 e. The molecule has 1 N–H and O–H groups in total. The number of rotatable bonds is 6. The molecule has 0 aliphatic heterocycles. The molecule has 0 bridgehead atoms. The van der Waals surface area contributed by atoms with Gasteiger partial charge in [0.25, 0.3) is 0 Å². The average molecular weight is 281 g/mol. The van der Waals surface area contributed by atoms with Crippen LogP contribution in [0.4, 0.5) is 0 Å². The van der Waals surface area contributed by atoms with E-state index in [0.717, 1.165) is 18.3 Å². The van der Waals surface area contributed by atoms with E-state index in [1.165, 1.54) is 29.5 Å². The zero-order chi connectivity index (χ0) is 14.7. The largest absolute Gasteiger partial charge is 0.491 e. The highest BCUT2D eigenvalue weighted by molar-refractivity contribution is 5.68. The van der Waals surface area contributed by atoms with Crippen molar-refractivity contribution in [2.75, 3.05) is 0 Å². The maximum Gasteiger partial charge on any atom is 0.120 e. The van der Waals surface area contributed by atoms with Crippen molar-refractivity contribution in [1.29, 1.82) is 0 Å². The summed E-state index contributed by atoms with van der Waals surface area (Å²) < 4.78 is 5.81. The molecule has 2 heteroatoms. The summed E-state index contributed by atoms with van der Waals surface area (Å²) in [5.74, 6) is 0.937. The molecule has 0 radical (unpaired) electrons. The Morgan fingerprint density at radius 3 is 2.67 bits per heavy atom. The molecule has 21 heavy (non-hydrogen) atoms. The van der Waals surface area contributed by atoms with Crippen molar-refractivity contribution in [1.82, 2.24) is 5.32 Å². The van der Waals surface area contributed by atoms with Gasteiger partial charge in [0.2, 0.25) is 0 Å². The van der Waals surface area contributed by atoms with Crippen molar-refractivity contribution in [3.05, 3.63) is 54.1 Å². The van der Waals surface area contributed by atoms with E-state index in [9.17, 15) is 0 Å². The maximum absolute atomic E-state index is 5.81. The lowest BCUT2D eigenvalue weighted by atomic mass is 9.99. The molecule has 3 rings (SSSR count). The van der Waals surface area contributed by atoms with E-state index in [-0.39, 0.29) is 6.10 Å². The monoisotopic (exact) mass is 281 g/mol. The zero-order valence-corrected chi connectivity index (χ0v) is 12.8. The highest BCUT2D eigenvalue weighted by Gasteiger charge is 2.20. The minimum atomic E-state index is 0.201. The lowest BCUT2D eigenvalue weighted by molar-refractivity contribution is 0.242. The van der Waals surface area contributed by atoms with Crippen LogP contribution < -0.4 is 10.1 Å². The van der Waals surface area contributed by atoms with Crippen LogP contribution in [0.25, 0.3) is 11.1 Å². The Bertz CT molecular complexity index is 602. The van der Waals surface area contributed by atoms with Crippen LogP contribution in [0.5, 0.6) is 5.75 Å². The quantitative estimate of drug-likeness (QED) is 0.847. The standard InChI is InChI=1S/C19H23NO/c1-14(2)21-18-8-5-7-15(12-18)19-9-4-3-6-16(19)13-20-17-10-11-17/h3-9,12,14,17,20H,10-11,13H2,1-2H3. The van der Waals surface area contributed by atoms with Crippen LogP contribution in [0, 0.1) is 0 Å². The van der Waals surface area contributed by atoms with Crippen LogP contribution in [0.2, 0.25) is 0 Å². The Morgan fingerprint density at radius 1 is 1.10 bits per heavy atom. The van der Waals surface area contributed by atoms with E-state index in [4.69, 9.17) is 4.74 Å². The predicted octanol–water partition coefficient (Wildman–Crippen LogP) is 4.39. The molecule has 2 aromatic carbocycles. The molecule has 0 amide bonds. The lowest BCUT2D eigenvalue weighted by Gasteiger charge is -2.13. The average Bonchev–Trinajstić information content (AvgIpc) is 3.29. The van der Waals surface area contributed by atoms with Gasteiger partial charge in [-0.3, -0.25) is 0 Å². The Balaban J connectivity index is 1.84. The number of hydrogen-bond donors (Lipinski definition) is 1. The molecule has 110 valence electrons. The topological polar surface area (TPSA) is 21.3 Å². The molecule has 2 nitrogen and oxygen atoms in total. The molecule has 1 saturated carbocycles. The number of benzene rings is 2. The Morgan fingerprint density at radius 2 is 1.90 bits per heavy atom. The van der Waals surface area contributed by atoms with E-state index in [2.05, 4.69) is 61.6 Å². The Labute approximate surface area is 127 Å². The van der Waals surface area contributed by atoms with Gasteiger partial charge >= 0.3 is 0 Å². The molecule has 0 atom stereocenters. The summed E-state index contributed by atoms with van der Waals surface area (Å²) in [6.07, 6.45) is 2.84. The summed E-state index contributed by atoms with van der Waals surface area (Å²) in [7, 11) is 0. The van der Waals surface area contributed by atoms with Crippen LogP contribution in [0.15, 0.2) is 48.5 Å². The molecule has 0 heterocycles. The second-order valence-corrected chi connectivity index (χ2v) is 6.01. The van der Waals surface area contributed by atoms with E-state index < -0.39 is 0 Å². The number of ether oxygens (including phenoxy) is 1. The van der Waals surface area contributed by atoms with Crippen LogP contribution in [-0.2, 0) is 6.54 Å². The summed E-state index contributed by atoms with van der Waals surface area (Å²) in [6.45, 7) is 5.05. The van der Waals surface area contributed by atoms with Gasteiger partial charge in [-0.25, -0.2) is 0 Å². The number of hydrogen-bond acceptors (Lipinski definition) is 2. The molecule has 1 aliphatic rings. The number of nitrogens with one attached hydrogen (secondary N) is 1. The third kappa shape index (κ3) is 3.85. The first-order chi connectivity index (χ1) is 10.2. The molecule has 0 spiro atoms. The van der Waals surface area contributed by atoms with Crippen LogP contribution in [-0.4, -0.2) is 12.1 Å². The zero-order valence-electron chi connectivity index (χ0n) is 12.8. The fourth-order valence-corrected chi connectivity index (χ4v) is 2.51.